The molecule has 0 fully saturated rings. The lowest BCUT2D eigenvalue weighted by atomic mass is 10.1. The fraction of sp³-hybridized carbons (Fsp3) is 0.0714. The fourth-order valence-electron chi connectivity index (χ4n) is 1.45. The molecular weight excluding hydrogens is 218 g/mol. The number of aryl methyl sites for hydroxylation is 1. The van der Waals surface area contributed by atoms with Gasteiger partial charge in [-0.3, -0.25) is 4.98 Å². The Kier molecular flexibility index (Phi) is 3.37. The number of rotatable bonds is 2. The smallest absolute Gasteiger partial charge is 0.0658 e. The molecule has 2 heteroatoms. The standard InChI is InChI=1S/C14H12ClN/c1-11-5-4-10-16-14(11)9-8-12-6-2-3-7-13(12)15/h2-10H,1H3/b9-8+. The molecule has 2 rings (SSSR count). The first-order valence-electron chi connectivity index (χ1n) is 5.11. The molecule has 1 aromatic carbocycles. The molecular formula is C14H12ClN. The summed E-state index contributed by atoms with van der Waals surface area (Å²) in [6.45, 7) is 2.04. The van der Waals surface area contributed by atoms with Gasteiger partial charge in [-0.05, 0) is 36.3 Å². The van der Waals surface area contributed by atoms with Gasteiger partial charge in [0.05, 0.1) is 5.69 Å². The minimum Gasteiger partial charge on any atom is -0.257 e. The highest BCUT2D eigenvalue weighted by Gasteiger charge is 1.95. The van der Waals surface area contributed by atoms with E-state index in [1.807, 2.05) is 55.5 Å². The molecule has 16 heavy (non-hydrogen) atoms. The van der Waals surface area contributed by atoms with Gasteiger partial charge in [-0.1, -0.05) is 41.9 Å². The zero-order valence-electron chi connectivity index (χ0n) is 9.02. The molecule has 2 aromatic rings. The molecule has 0 amide bonds. The van der Waals surface area contributed by atoms with Crippen LogP contribution in [-0.2, 0) is 0 Å². The lowest BCUT2D eigenvalue weighted by Gasteiger charge is -1.99. The van der Waals surface area contributed by atoms with Crippen molar-refractivity contribution in [3.05, 3.63) is 64.4 Å². The van der Waals surface area contributed by atoms with Crippen LogP contribution in [0, 0.1) is 6.92 Å². The van der Waals surface area contributed by atoms with Crippen LogP contribution in [-0.4, -0.2) is 4.98 Å². The van der Waals surface area contributed by atoms with Gasteiger partial charge in [0.2, 0.25) is 0 Å². The molecule has 0 aliphatic heterocycles. The Balaban J connectivity index is 2.29. The maximum atomic E-state index is 6.06. The SMILES string of the molecule is Cc1cccnc1/C=C/c1ccccc1Cl. The van der Waals surface area contributed by atoms with E-state index in [0.717, 1.165) is 21.8 Å². The lowest BCUT2D eigenvalue weighted by molar-refractivity contribution is 1.24. The molecule has 1 nitrogen and oxygen atoms in total. The van der Waals surface area contributed by atoms with Crippen LogP contribution in [0.25, 0.3) is 12.2 Å². The van der Waals surface area contributed by atoms with Gasteiger partial charge in [0.1, 0.15) is 0 Å². The monoisotopic (exact) mass is 229 g/mol. The lowest BCUT2D eigenvalue weighted by Crippen LogP contribution is -1.84. The van der Waals surface area contributed by atoms with Gasteiger partial charge in [-0.2, -0.15) is 0 Å². The third-order valence-electron chi connectivity index (χ3n) is 2.38. The van der Waals surface area contributed by atoms with Crippen molar-refractivity contribution in [3.63, 3.8) is 0 Å². The van der Waals surface area contributed by atoms with Crippen LogP contribution in [0.5, 0.6) is 0 Å². The van der Waals surface area contributed by atoms with E-state index >= 15 is 0 Å². The summed E-state index contributed by atoms with van der Waals surface area (Å²) in [5, 5.41) is 0.757. The van der Waals surface area contributed by atoms with Gasteiger partial charge < -0.3 is 0 Å². The predicted molar refractivity (Wildman–Crippen MR) is 69.4 cm³/mol. The van der Waals surface area contributed by atoms with Gasteiger partial charge in [-0.15, -0.1) is 0 Å². The highest BCUT2D eigenvalue weighted by atomic mass is 35.5. The molecule has 0 spiro atoms. The summed E-state index contributed by atoms with van der Waals surface area (Å²) in [6.07, 6.45) is 5.76. The Hall–Kier alpha value is -1.60. The van der Waals surface area contributed by atoms with E-state index in [1.54, 1.807) is 6.20 Å². The molecule has 0 aliphatic carbocycles. The Labute approximate surface area is 100 Å². The minimum absolute atomic E-state index is 0.757. The Morgan fingerprint density at radius 1 is 1.06 bits per heavy atom. The summed E-state index contributed by atoms with van der Waals surface area (Å²) >= 11 is 6.06. The highest BCUT2D eigenvalue weighted by Crippen LogP contribution is 2.18. The van der Waals surface area contributed by atoms with E-state index in [2.05, 4.69) is 4.98 Å². The number of pyridine rings is 1. The Morgan fingerprint density at radius 3 is 2.62 bits per heavy atom. The first-order chi connectivity index (χ1) is 7.77. The van der Waals surface area contributed by atoms with E-state index in [9.17, 15) is 0 Å². The van der Waals surface area contributed by atoms with Gasteiger partial charge in [-0.25, -0.2) is 0 Å². The zero-order chi connectivity index (χ0) is 11.4. The van der Waals surface area contributed by atoms with E-state index in [-0.39, 0.29) is 0 Å². The molecule has 1 heterocycles. The summed E-state index contributed by atoms with van der Waals surface area (Å²) in [5.41, 5.74) is 3.14. The zero-order valence-corrected chi connectivity index (χ0v) is 9.78. The van der Waals surface area contributed by atoms with E-state index in [1.165, 1.54) is 0 Å². The van der Waals surface area contributed by atoms with Crippen LogP contribution in [0.3, 0.4) is 0 Å². The Morgan fingerprint density at radius 2 is 1.88 bits per heavy atom. The number of hydrogen-bond donors (Lipinski definition) is 0. The molecule has 0 atom stereocenters. The molecule has 0 radical (unpaired) electrons. The molecule has 0 N–H and O–H groups in total. The van der Waals surface area contributed by atoms with Crippen molar-refractivity contribution in [3.8, 4) is 0 Å². The minimum atomic E-state index is 0.757. The second-order valence-electron chi connectivity index (χ2n) is 3.56. The summed E-state index contributed by atoms with van der Waals surface area (Å²) in [7, 11) is 0. The molecule has 1 aromatic heterocycles. The largest absolute Gasteiger partial charge is 0.257 e. The van der Waals surface area contributed by atoms with Crippen LogP contribution in [0.1, 0.15) is 16.8 Å². The summed E-state index contributed by atoms with van der Waals surface area (Å²) in [4.78, 5) is 4.29. The number of nitrogens with zero attached hydrogens (tertiary/aromatic N) is 1. The van der Waals surface area contributed by atoms with Gasteiger partial charge in [0, 0.05) is 11.2 Å². The maximum absolute atomic E-state index is 6.06. The number of aromatic nitrogens is 1. The third kappa shape index (κ3) is 2.50. The van der Waals surface area contributed by atoms with E-state index in [0.29, 0.717) is 0 Å². The van der Waals surface area contributed by atoms with Crippen LogP contribution in [0.15, 0.2) is 42.6 Å². The normalized spacial score (nSPS) is 10.9. The predicted octanol–water partition coefficient (Wildman–Crippen LogP) is 4.21. The highest BCUT2D eigenvalue weighted by molar-refractivity contribution is 6.32. The summed E-state index contributed by atoms with van der Waals surface area (Å²) in [5.74, 6) is 0. The van der Waals surface area contributed by atoms with Crippen molar-refractivity contribution in [1.82, 2.24) is 4.98 Å². The molecule has 80 valence electrons. The summed E-state index contributed by atoms with van der Waals surface area (Å²) < 4.78 is 0. The first kappa shape index (κ1) is 10.9. The third-order valence-corrected chi connectivity index (χ3v) is 2.72. The van der Waals surface area contributed by atoms with Crippen molar-refractivity contribution in [2.45, 2.75) is 6.92 Å². The van der Waals surface area contributed by atoms with Crippen LogP contribution < -0.4 is 0 Å². The van der Waals surface area contributed by atoms with Crippen molar-refractivity contribution < 1.29 is 0 Å². The van der Waals surface area contributed by atoms with Crippen molar-refractivity contribution in [1.29, 1.82) is 0 Å². The number of benzene rings is 1. The fourth-order valence-corrected chi connectivity index (χ4v) is 1.65. The number of halogens is 1. The van der Waals surface area contributed by atoms with Crippen LogP contribution in [0.4, 0.5) is 0 Å². The number of hydrogen-bond acceptors (Lipinski definition) is 1. The van der Waals surface area contributed by atoms with Crippen molar-refractivity contribution in [2.24, 2.45) is 0 Å². The molecule has 0 unspecified atom stereocenters. The van der Waals surface area contributed by atoms with Gasteiger partial charge in [0.25, 0.3) is 0 Å². The van der Waals surface area contributed by atoms with Gasteiger partial charge >= 0.3 is 0 Å². The topological polar surface area (TPSA) is 12.9 Å². The Bertz CT molecular complexity index is 470. The molecule has 0 saturated carbocycles. The first-order valence-corrected chi connectivity index (χ1v) is 5.49. The second kappa shape index (κ2) is 4.95. The average molecular weight is 230 g/mol. The quantitative estimate of drug-likeness (QED) is 0.752. The molecule has 0 bridgehead atoms. The van der Waals surface area contributed by atoms with E-state index in [4.69, 9.17) is 11.6 Å². The average Bonchev–Trinajstić information content (AvgIpc) is 2.30. The maximum Gasteiger partial charge on any atom is 0.0658 e. The van der Waals surface area contributed by atoms with E-state index < -0.39 is 0 Å². The van der Waals surface area contributed by atoms with Crippen molar-refractivity contribution >= 4 is 23.8 Å². The molecule has 0 saturated heterocycles. The summed E-state index contributed by atoms with van der Waals surface area (Å²) in [6, 6.07) is 11.7. The molecule has 0 aliphatic rings. The van der Waals surface area contributed by atoms with Crippen LogP contribution in [0.2, 0.25) is 5.02 Å². The van der Waals surface area contributed by atoms with Crippen molar-refractivity contribution in [2.75, 3.05) is 0 Å². The second-order valence-corrected chi connectivity index (χ2v) is 3.97. The van der Waals surface area contributed by atoms with Crippen LogP contribution >= 0.6 is 11.6 Å². The van der Waals surface area contributed by atoms with Gasteiger partial charge in [0.15, 0.2) is 0 Å².